The summed E-state index contributed by atoms with van der Waals surface area (Å²) in [6.07, 6.45) is 1.55. The lowest BCUT2D eigenvalue weighted by atomic mass is 9.92. The first-order valence-corrected chi connectivity index (χ1v) is 6.28. The fourth-order valence-electron chi connectivity index (χ4n) is 2.57. The van der Waals surface area contributed by atoms with E-state index in [4.69, 9.17) is 5.73 Å². The van der Waals surface area contributed by atoms with Crippen molar-refractivity contribution in [1.82, 2.24) is 9.80 Å². The van der Waals surface area contributed by atoms with E-state index in [0.717, 1.165) is 26.1 Å². The van der Waals surface area contributed by atoms with Crippen molar-refractivity contribution in [3.05, 3.63) is 0 Å². The molecule has 0 radical (unpaired) electrons. The molecule has 6 heteroatoms. The van der Waals surface area contributed by atoms with Gasteiger partial charge in [0, 0.05) is 39.1 Å². The first-order chi connectivity index (χ1) is 7.60. The zero-order chi connectivity index (χ0) is 12.1. The van der Waals surface area contributed by atoms with E-state index in [9.17, 15) is 4.79 Å². The van der Waals surface area contributed by atoms with Crippen LogP contribution >= 0.6 is 24.8 Å². The molecule has 1 amide bonds. The minimum absolute atomic E-state index is 0. The third kappa shape index (κ3) is 5.31. The highest BCUT2D eigenvalue weighted by Crippen LogP contribution is 2.21. The number of hydrogen-bond donors (Lipinski definition) is 1. The Bertz CT molecular complexity index is 241. The van der Waals surface area contributed by atoms with Gasteiger partial charge in [-0.1, -0.05) is 13.8 Å². The Morgan fingerprint density at radius 1 is 1.44 bits per heavy atom. The van der Waals surface area contributed by atoms with Gasteiger partial charge in [-0.15, -0.1) is 24.8 Å². The molecule has 0 bridgehead atoms. The maximum absolute atomic E-state index is 11.8. The van der Waals surface area contributed by atoms with E-state index in [1.807, 2.05) is 11.9 Å². The van der Waals surface area contributed by atoms with Crippen molar-refractivity contribution in [3.63, 3.8) is 0 Å². The van der Waals surface area contributed by atoms with Crippen molar-refractivity contribution < 1.29 is 4.79 Å². The van der Waals surface area contributed by atoms with E-state index in [1.165, 1.54) is 0 Å². The van der Waals surface area contributed by atoms with E-state index in [2.05, 4.69) is 18.7 Å². The largest absolute Gasteiger partial charge is 0.342 e. The first kappa shape index (κ1) is 20.3. The van der Waals surface area contributed by atoms with Gasteiger partial charge in [-0.2, -0.15) is 0 Å². The van der Waals surface area contributed by atoms with E-state index in [1.54, 1.807) is 0 Å². The lowest BCUT2D eigenvalue weighted by molar-refractivity contribution is -0.133. The van der Waals surface area contributed by atoms with Crippen molar-refractivity contribution in [2.24, 2.45) is 11.7 Å². The monoisotopic (exact) mass is 299 g/mol. The van der Waals surface area contributed by atoms with Gasteiger partial charge < -0.3 is 15.5 Å². The fraction of sp³-hybridized carbons (Fsp3) is 0.917. The summed E-state index contributed by atoms with van der Waals surface area (Å²) in [5.74, 6) is 0.740. The molecule has 110 valence electrons. The Labute approximate surface area is 123 Å². The van der Waals surface area contributed by atoms with Crippen LogP contribution in [0, 0.1) is 5.92 Å². The number of nitrogens with two attached hydrogens (primary N) is 1. The lowest BCUT2D eigenvalue weighted by Gasteiger charge is -2.41. The van der Waals surface area contributed by atoms with Gasteiger partial charge in [0.15, 0.2) is 0 Å². The Morgan fingerprint density at radius 2 is 2.06 bits per heavy atom. The molecule has 1 aliphatic rings. The number of carbonyl (C=O) groups is 1. The summed E-state index contributed by atoms with van der Waals surface area (Å²) in [4.78, 5) is 16.1. The number of carbonyl (C=O) groups excluding carboxylic acids is 1. The summed E-state index contributed by atoms with van der Waals surface area (Å²) in [6.45, 7) is 8.19. The predicted molar refractivity (Wildman–Crippen MR) is 80.6 cm³/mol. The second-order valence-corrected chi connectivity index (χ2v) is 4.77. The molecule has 0 aliphatic carbocycles. The Hall–Kier alpha value is -0.0300. The highest BCUT2D eigenvalue weighted by Gasteiger charge is 2.30. The molecule has 1 heterocycles. The van der Waals surface area contributed by atoms with Crippen LogP contribution in [-0.4, -0.2) is 55.0 Å². The molecular formula is C12H27Cl2N3O. The van der Waals surface area contributed by atoms with Crippen LogP contribution < -0.4 is 5.73 Å². The molecule has 0 aromatic carbocycles. The first-order valence-electron chi connectivity index (χ1n) is 6.28. The average molecular weight is 300 g/mol. The SMILES string of the molecule is CCN1CCC(N(C)C(=O)CCN)C(C)C1.Cl.Cl. The van der Waals surface area contributed by atoms with Crippen LogP contribution in [0.3, 0.4) is 0 Å². The summed E-state index contributed by atoms with van der Waals surface area (Å²) in [6, 6.07) is 0.391. The van der Waals surface area contributed by atoms with Crippen LogP contribution in [0.15, 0.2) is 0 Å². The number of nitrogens with zero attached hydrogens (tertiary/aromatic N) is 2. The Morgan fingerprint density at radius 3 is 2.50 bits per heavy atom. The van der Waals surface area contributed by atoms with Gasteiger partial charge in [0.05, 0.1) is 0 Å². The smallest absolute Gasteiger partial charge is 0.223 e. The maximum atomic E-state index is 11.8. The van der Waals surface area contributed by atoms with Crippen LogP contribution in [0.25, 0.3) is 0 Å². The average Bonchev–Trinajstić information content (AvgIpc) is 2.28. The molecule has 0 spiro atoms. The number of amides is 1. The van der Waals surface area contributed by atoms with E-state index in [0.29, 0.717) is 24.9 Å². The zero-order valence-electron chi connectivity index (χ0n) is 11.6. The number of halogens is 2. The fourth-order valence-corrected chi connectivity index (χ4v) is 2.57. The van der Waals surface area contributed by atoms with Crippen LogP contribution in [0.4, 0.5) is 0 Å². The molecule has 4 nitrogen and oxygen atoms in total. The van der Waals surface area contributed by atoms with E-state index < -0.39 is 0 Å². The molecule has 0 aromatic rings. The third-order valence-corrected chi connectivity index (χ3v) is 3.64. The second kappa shape index (κ2) is 9.84. The number of piperidine rings is 1. The molecule has 2 unspecified atom stereocenters. The normalized spacial score (nSPS) is 23.8. The molecule has 1 aliphatic heterocycles. The minimum atomic E-state index is 0. The van der Waals surface area contributed by atoms with E-state index >= 15 is 0 Å². The maximum Gasteiger partial charge on any atom is 0.223 e. The van der Waals surface area contributed by atoms with Crippen LogP contribution in [0.5, 0.6) is 0 Å². The molecule has 2 N–H and O–H groups in total. The molecule has 1 rings (SSSR count). The van der Waals surface area contributed by atoms with E-state index in [-0.39, 0.29) is 30.7 Å². The molecule has 0 aromatic heterocycles. The van der Waals surface area contributed by atoms with Gasteiger partial charge in [0.1, 0.15) is 0 Å². The number of likely N-dealkylation sites (tertiary alicyclic amines) is 1. The molecule has 1 fully saturated rings. The number of rotatable bonds is 4. The standard InChI is InChI=1S/C12H25N3O.2ClH/c1-4-15-8-6-11(10(2)9-15)14(3)12(16)5-7-13;;/h10-11H,4-9,13H2,1-3H3;2*1H. The zero-order valence-corrected chi connectivity index (χ0v) is 13.2. The summed E-state index contributed by atoms with van der Waals surface area (Å²) in [5, 5.41) is 0. The Kier molecular flexibility index (Phi) is 11.1. The molecule has 1 saturated heterocycles. The number of hydrogen-bond acceptors (Lipinski definition) is 3. The van der Waals surface area contributed by atoms with Crippen LogP contribution in [-0.2, 0) is 4.79 Å². The predicted octanol–water partition coefficient (Wildman–Crippen LogP) is 1.37. The quantitative estimate of drug-likeness (QED) is 0.853. The van der Waals surface area contributed by atoms with Crippen molar-refractivity contribution in [2.45, 2.75) is 32.7 Å². The van der Waals surface area contributed by atoms with Crippen LogP contribution in [0.1, 0.15) is 26.7 Å². The lowest BCUT2D eigenvalue weighted by Crippen LogP contribution is -2.50. The Balaban J connectivity index is 0. The van der Waals surface area contributed by atoms with Crippen molar-refractivity contribution in [1.29, 1.82) is 0 Å². The highest BCUT2D eigenvalue weighted by atomic mass is 35.5. The van der Waals surface area contributed by atoms with Crippen molar-refractivity contribution in [3.8, 4) is 0 Å². The highest BCUT2D eigenvalue weighted by molar-refractivity contribution is 5.85. The summed E-state index contributed by atoms with van der Waals surface area (Å²) >= 11 is 0. The van der Waals surface area contributed by atoms with Gasteiger partial charge >= 0.3 is 0 Å². The van der Waals surface area contributed by atoms with Gasteiger partial charge in [0.25, 0.3) is 0 Å². The van der Waals surface area contributed by atoms with Gasteiger partial charge in [-0.05, 0) is 18.9 Å². The van der Waals surface area contributed by atoms with Crippen molar-refractivity contribution >= 4 is 30.7 Å². The minimum Gasteiger partial charge on any atom is -0.342 e. The van der Waals surface area contributed by atoms with Crippen molar-refractivity contribution in [2.75, 3.05) is 33.2 Å². The topological polar surface area (TPSA) is 49.6 Å². The summed E-state index contributed by atoms with van der Waals surface area (Å²) in [7, 11) is 1.92. The molecular weight excluding hydrogens is 273 g/mol. The van der Waals surface area contributed by atoms with Gasteiger partial charge in [0.2, 0.25) is 5.91 Å². The summed E-state index contributed by atoms with van der Waals surface area (Å²) < 4.78 is 0. The summed E-state index contributed by atoms with van der Waals surface area (Å²) in [5.41, 5.74) is 5.42. The van der Waals surface area contributed by atoms with Crippen LogP contribution in [0.2, 0.25) is 0 Å². The van der Waals surface area contributed by atoms with Gasteiger partial charge in [-0.3, -0.25) is 4.79 Å². The molecule has 2 atom stereocenters. The van der Waals surface area contributed by atoms with Gasteiger partial charge in [-0.25, -0.2) is 0 Å². The molecule has 0 saturated carbocycles. The second-order valence-electron chi connectivity index (χ2n) is 4.77. The molecule has 18 heavy (non-hydrogen) atoms. The third-order valence-electron chi connectivity index (χ3n) is 3.64.